The molecular weight excluding hydrogens is 480 g/mol. The van der Waals surface area contributed by atoms with Crippen LogP contribution in [0.4, 0.5) is 14.6 Å². The van der Waals surface area contributed by atoms with Crippen LogP contribution in [0.1, 0.15) is 13.3 Å². The number of aryl methyl sites for hydroxylation is 1. The van der Waals surface area contributed by atoms with E-state index in [2.05, 4.69) is 25.3 Å². The van der Waals surface area contributed by atoms with Crippen LogP contribution in [0.15, 0.2) is 36.8 Å². The summed E-state index contributed by atoms with van der Waals surface area (Å²) in [5.41, 5.74) is 0.938. The second-order valence-electron chi connectivity index (χ2n) is 9.73. The lowest BCUT2D eigenvalue weighted by molar-refractivity contribution is -0.121. The molecule has 2 atom stereocenters. The lowest BCUT2D eigenvalue weighted by Gasteiger charge is -2.17. The topological polar surface area (TPSA) is 98.1 Å². The summed E-state index contributed by atoms with van der Waals surface area (Å²) < 4.78 is 36.7. The van der Waals surface area contributed by atoms with E-state index >= 15 is 0 Å². The molecule has 0 unspecified atom stereocenters. The first kappa shape index (κ1) is 23.4. The van der Waals surface area contributed by atoms with Crippen molar-refractivity contribution >= 4 is 22.8 Å². The van der Waals surface area contributed by atoms with Crippen molar-refractivity contribution in [3.63, 3.8) is 0 Å². The molecule has 9 nitrogen and oxygen atoms in total. The number of rotatable bonds is 6. The molecule has 2 fully saturated rings. The van der Waals surface area contributed by atoms with E-state index in [0.29, 0.717) is 47.1 Å². The number of carbonyl (C=O) groups excluding carboxylic acids is 1. The summed E-state index contributed by atoms with van der Waals surface area (Å²) in [5, 5.41) is 7.31. The molecule has 4 aromatic rings. The van der Waals surface area contributed by atoms with Crippen LogP contribution in [-0.4, -0.2) is 62.3 Å². The zero-order valence-corrected chi connectivity index (χ0v) is 20.6. The van der Waals surface area contributed by atoms with Gasteiger partial charge in [0.1, 0.15) is 34.9 Å². The van der Waals surface area contributed by atoms with Crippen molar-refractivity contribution in [2.24, 2.45) is 18.4 Å². The van der Waals surface area contributed by atoms with Gasteiger partial charge in [0.15, 0.2) is 11.6 Å². The Kier molecular flexibility index (Phi) is 5.41. The third-order valence-electron chi connectivity index (χ3n) is 7.16. The molecule has 1 saturated carbocycles. The number of nitrogens with one attached hydrogen (secondary N) is 1. The molecule has 1 N–H and O–H groups in total. The maximum absolute atomic E-state index is 14.7. The van der Waals surface area contributed by atoms with Crippen molar-refractivity contribution in [1.82, 2.24) is 29.6 Å². The van der Waals surface area contributed by atoms with Crippen LogP contribution in [-0.2, 0) is 11.8 Å². The number of hydrogen-bond acceptors (Lipinski definition) is 7. The maximum Gasteiger partial charge on any atom is 0.233 e. The minimum atomic E-state index is -0.738. The highest BCUT2D eigenvalue weighted by Gasteiger charge is 2.64. The largest absolute Gasteiger partial charge is 0.490 e. The number of hydrogen-bond donors (Lipinski definition) is 1. The number of aromatic nitrogens is 5. The van der Waals surface area contributed by atoms with E-state index in [1.165, 1.54) is 29.2 Å². The predicted molar refractivity (Wildman–Crippen MR) is 133 cm³/mol. The Morgan fingerprint density at radius 3 is 2.70 bits per heavy atom. The number of likely N-dealkylation sites (tertiary alicyclic amines) is 1. The van der Waals surface area contributed by atoms with E-state index < -0.39 is 17.0 Å². The average molecular weight is 506 g/mol. The summed E-state index contributed by atoms with van der Waals surface area (Å²) in [6, 6.07) is 5.35. The van der Waals surface area contributed by atoms with Gasteiger partial charge in [-0.15, -0.1) is 0 Å². The molecule has 11 heteroatoms. The van der Waals surface area contributed by atoms with E-state index in [1.54, 1.807) is 19.3 Å². The number of pyridine rings is 1. The zero-order valence-electron chi connectivity index (χ0n) is 20.6. The third kappa shape index (κ3) is 3.81. The molecule has 2 aliphatic rings. The number of fused-ring (bicyclic) bond motifs is 2. The Morgan fingerprint density at radius 2 is 2.00 bits per heavy atom. The molecule has 1 aliphatic carbocycles. The van der Waals surface area contributed by atoms with Gasteiger partial charge < -0.3 is 15.0 Å². The van der Waals surface area contributed by atoms with Crippen LogP contribution >= 0.6 is 0 Å². The summed E-state index contributed by atoms with van der Waals surface area (Å²) in [7, 11) is 3.67. The Labute approximate surface area is 211 Å². The summed E-state index contributed by atoms with van der Waals surface area (Å²) in [4.78, 5) is 28.9. The van der Waals surface area contributed by atoms with Gasteiger partial charge >= 0.3 is 0 Å². The minimum Gasteiger partial charge on any atom is -0.490 e. The van der Waals surface area contributed by atoms with Gasteiger partial charge in [-0.25, -0.2) is 23.7 Å². The van der Waals surface area contributed by atoms with Crippen molar-refractivity contribution < 1.29 is 18.3 Å². The summed E-state index contributed by atoms with van der Waals surface area (Å²) in [6.07, 6.45) is 3.83. The number of halogens is 2. The number of benzene rings is 1. The number of carbonyl (C=O) groups is 1. The average Bonchev–Trinajstić information content (AvgIpc) is 3.23. The van der Waals surface area contributed by atoms with Crippen LogP contribution in [0.2, 0.25) is 0 Å². The molecule has 0 spiro atoms. The Balaban J connectivity index is 1.48. The number of anilines is 1. The van der Waals surface area contributed by atoms with E-state index in [1.807, 2.05) is 14.0 Å². The minimum absolute atomic E-state index is 0.0908. The lowest BCUT2D eigenvalue weighted by atomic mass is 10.0. The van der Waals surface area contributed by atoms with Crippen molar-refractivity contribution in [2.45, 2.75) is 13.3 Å². The second-order valence-corrected chi connectivity index (χ2v) is 9.73. The Morgan fingerprint density at radius 1 is 1.22 bits per heavy atom. The van der Waals surface area contributed by atoms with E-state index in [9.17, 15) is 13.6 Å². The molecule has 0 bridgehead atoms. The first-order chi connectivity index (χ1) is 17.8. The van der Waals surface area contributed by atoms with Crippen LogP contribution in [0.25, 0.3) is 33.5 Å². The highest BCUT2D eigenvalue weighted by Crippen LogP contribution is 2.58. The smallest absolute Gasteiger partial charge is 0.233 e. The molecular formula is C26H25F2N7O2. The molecule has 1 aliphatic heterocycles. The molecule has 3 aromatic heterocycles. The highest BCUT2D eigenvalue weighted by atomic mass is 19.1. The fraction of sp³-hybridized carbons (Fsp3) is 0.346. The van der Waals surface area contributed by atoms with E-state index in [-0.39, 0.29) is 23.0 Å². The monoisotopic (exact) mass is 505 g/mol. The summed E-state index contributed by atoms with van der Waals surface area (Å²) >= 11 is 0. The predicted octanol–water partition coefficient (Wildman–Crippen LogP) is 3.66. The van der Waals surface area contributed by atoms with E-state index in [4.69, 9.17) is 9.72 Å². The highest BCUT2D eigenvalue weighted by molar-refractivity contribution is 6.01. The first-order valence-corrected chi connectivity index (χ1v) is 12.1. The Bertz CT molecular complexity index is 1540. The van der Waals surface area contributed by atoms with Gasteiger partial charge in [-0.2, -0.15) is 5.10 Å². The SMILES string of the molecule is CCOc1cc2ncnc(-c3cn(C)nc3-c3c(F)cccc3F)c2nc1NC(=O)[C@@]12C[C@@H]1CN(C)C2. The molecule has 6 rings (SSSR count). The molecule has 1 aromatic carbocycles. The van der Waals surface area contributed by atoms with E-state index in [0.717, 1.165) is 13.0 Å². The van der Waals surface area contributed by atoms with Crippen LogP contribution in [0.3, 0.4) is 0 Å². The number of amides is 1. The second kappa shape index (κ2) is 8.55. The van der Waals surface area contributed by atoms with Crippen molar-refractivity contribution in [1.29, 1.82) is 0 Å². The fourth-order valence-electron chi connectivity index (χ4n) is 5.41. The van der Waals surface area contributed by atoms with Crippen molar-refractivity contribution in [2.75, 3.05) is 32.1 Å². The third-order valence-corrected chi connectivity index (χ3v) is 7.16. The van der Waals surface area contributed by atoms with Crippen molar-refractivity contribution in [3.05, 3.63) is 48.4 Å². The summed E-state index contributed by atoms with van der Waals surface area (Å²) in [5.74, 6) is -0.591. The summed E-state index contributed by atoms with van der Waals surface area (Å²) in [6.45, 7) is 3.80. The molecule has 0 radical (unpaired) electrons. The standard InChI is InChI=1S/C26H25F2N7O2/c1-4-37-19-8-18-23(31-24(19)32-25(36)26-9-14(26)10-34(2)12-26)22(30-13-29-18)15-11-35(3)33-21(15)20-16(27)6-5-7-17(20)28/h5-8,11,13-14H,4,9-10,12H2,1-3H3,(H,31,32,36)/t14-,26-/m1/s1. The van der Waals surface area contributed by atoms with Gasteiger partial charge in [0.2, 0.25) is 5.91 Å². The molecule has 37 heavy (non-hydrogen) atoms. The van der Waals surface area contributed by atoms with Crippen LogP contribution in [0.5, 0.6) is 5.75 Å². The molecule has 4 heterocycles. The normalized spacial score (nSPS) is 20.7. The van der Waals surface area contributed by atoms with Gasteiger partial charge in [0.05, 0.1) is 23.1 Å². The van der Waals surface area contributed by atoms with Crippen LogP contribution < -0.4 is 10.1 Å². The maximum atomic E-state index is 14.7. The number of piperidine rings is 1. The van der Waals surface area contributed by atoms with Gasteiger partial charge in [-0.3, -0.25) is 9.48 Å². The fourth-order valence-corrected chi connectivity index (χ4v) is 5.41. The van der Waals surface area contributed by atoms with Crippen molar-refractivity contribution in [3.8, 4) is 28.3 Å². The zero-order chi connectivity index (χ0) is 25.9. The quantitative estimate of drug-likeness (QED) is 0.427. The van der Waals surface area contributed by atoms with Gasteiger partial charge in [0.25, 0.3) is 0 Å². The molecule has 190 valence electrons. The number of nitrogens with zero attached hydrogens (tertiary/aromatic N) is 6. The van der Waals surface area contributed by atoms with Gasteiger partial charge in [-0.05, 0) is 38.4 Å². The van der Waals surface area contributed by atoms with Crippen LogP contribution in [0, 0.1) is 23.0 Å². The molecule has 1 amide bonds. The van der Waals surface area contributed by atoms with Gasteiger partial charge in [-0.1, -0.05) is 6.07 Å². The number of ether oxygens (including phenoxy) is 1. The van der Waals surface area contributed by atoms with Gasteiger partial charge in [0, 0.05) is 38.0 Å². The Hall–Kier alpha value is -3.99. The molecule has 1 saturated heterocycles. The first-order valence-electron chi connectivity index (χ1n) is 12.1. The lowest BCUT2D eigenvalue weighted by Crippen LogP contribution is -2.31.